The maximum Gasteiger partial charge on any atom is 0.257 e. The van der Waals surface area contributed by atoms with Crippen molar-refractivity contribution in [2.45, 2.75) is 33.0 Å². The van der Waals surface area contributed by atoms with Crippen LogP contribution in [0.5, 0.6) is 11.5 Å². The monoisotopic (exact) mass is 340 g/mol. The molecule has 25 heavy (non-hydrogen) atoms. The molecular weight excluding hydrogens is 316 g/mol. The molecule has 2 aromatic carbocycles. The van der Waals surface area contributed by atoms with Crippen LogP contribution in [0.4, 0.5) is 5.69 Å². The number of carbonyl (C=O) groups excluding carboxylic acids is 1. The molecule has 0 saturated heterocycles. The molecule has 1 aliphatic rings. The van der Waals surface area contributed by atoms with E-state index in [0.717, 1.165) is 11.3 Å². The van der Waals surface area contributed by atoms with E-state index in [-0.39, 0.29) is 18.2 Å². The highest BCUT2D eigenvalue weighted by atomic mass is 16.5. The highest BCUT2D eigenvalue weighted by Crippen LogP contribution is 2.36. The standard InChI is InChI=1S/C20H24N2O3/c1-5-22-19(21-16-9-7-6-8-15(16)20(22)23)14-10-11-17(25-13(2)3)18(12-14)24-4/h6-13,19,21H,5H2,1-4H3. The van der Waals surface area contributed by atoms with Crippen molar-refractivity contribution in [3.8, 4) is 11.5 Å². The van der Waals surface area contributed by atoms with Crippen molar-refractivity contribution < 1.29 is 14.3 Å². The van der Waals surface area contributed by atoms with Crippen LogP contribution in [0.1, 0.15) is 42.9 Å². The van der Waals surface area contributed by atoms with E-state index in [1.54, 1.807) is 7.11 Å². The van der Waals surface area contributed by atoms with Gasteiger partial charge in [-0.05, 0) is 50.6 Å². The van der Waals surface area contributed by atoms with Gasteiger partial charge < -0.3 is 19.7 Å². The number of fused-ring (bicyclic) bond motifs is 1. The number of anilines is 1. The predicted octanol–water partition coefficient (Wildman–Crippen LogP) is 4.07. The lowest BCUT2D eigenvalue weighted by atomic mass is 10.0. The summed E-state index contributed by atoms with van der Waals surface area (Å²) in [5, 5.41) is 3.46. The topological polar surface area (TPSA) is 50.8 Å². The van der Waals surface area contributed by atoms with Gasteiger partial charge in [-0.1, -0.05) is 18.2 Å². The summed E-state index contributed by atoms with van der Waals surface area (Å²) in [4.78, 5) is 14.6. The minimum Gasteiger partial charge on any atom is -0.493 e. The largest absolute Gasteiger partial charge is 0.493 e. The first-order valence-corrected chi connectivity index (χ1v) is 8.56. The molecule has 2 aromatic rings. The molecule has 0 fully saturated rings. The number of carbonyl (C=O) groups is 1. The van der Waals surface area contributed by atoms with Crippen LogP contribution in [-0.4, -0.2) is 30.6 Å². The van der Waals surface area contributed by atoms with E-state index in [1.165, 1.54) is 0 Å². The molecule has 0 aliphatic carbocycles. The van der Waals surface area contributed by atoms with Gasteiger partial charge in [0.05, 0.1) is 18.8 Å². The summed E-state index contributed by atoms with van der Waals surface area (Å²) in [7, 11) is 1.62. The molecule has 1 amide bonds. The Balaban J connectivity index is 1.99. The van der Waals surface area contributed by atoms with Crippen molar-refractivity contribution in [2.75, 3.05) is 19.0 Å². The zero-order chi connectivity index (χ0) is 18.0. The molecule has 5 nitrogen and oxygen atoms in total. The normalized spacial score (nSPS) is 16.4. The molecule has 1 aliphatic heterocycles. The van der Waals surface area contributed by atoms with E-state index in [4.69, 9.17) is 9.47 Å². The smallest absolute Gasteiger partial charge is 0.257 e. The molecule has 1 atom stereocenters. The number of hydrogen-bond acceptors (Lipinski definition) is 4. The third-order valence-electron chi connectivity index (χ3n) is 4.23. The molecule has 0 saturated carbocycles. The Kier molecular flexibility index (Phi) is 4.83. The molecule has 3 rings (SSSR count). The summed E-state index contributed by atoms with van der Waals surface area (Å²) in [6, 6.07) is 13.4. The fourth-order valence-corrected chi connectivity index (χ4v) is 3.09. The maximum atomic E-state index is 12.8. The quantitative estimate of drug-likeness (QED) is 0.891. The minimum atomic E-state index is -0.241. The van der Waals surface area contributed by atoms with E-state index in [1.807, 2.05) is 68.1 Å². The van der Waals surface area contributed by atoms with Crippen LogP contribution in [0.3, 0.4) is 0 Å². The number of benzene rings is 2. The van der Waals surface area contributed by atoms with Gasteiger partial charge >= 0.3 is 0 Å². The molecule has 0 aromatic heterocycles. The lowest BCUT2D eigenvalue weighted by Gasteiger charge is -2.37. The highest BCUT2D eigenvalue weighted by molar-refractivity contribution is 6.01. The maximum absolute atomic E-state index is 12.8. The van der Waals surface area contributed by atoms with Crippen molar-refractivity contribution >= 4 is 11.6 Å². The number of hydrogen-bond donors (Lipinski definition) is 1. The number of amides is 1. The van der Waals surface area contributed by atoms with Crippen LogP contribution in [0.2, 0.25) is 0 Å². The third-order valence-corrected chi connectivity index (χ3v) is 4.23. The Bertz CT molecular complexity index is 773. The summed E-state index contributed by atoms with van der Waals surface area (Å²) in [6.07, 6.45) is -0.178. The van der Waals surface area contributed by atoms with Crippen molar-refractivity contribution in [1.29, 1.82) is 0 Å². The highest BCUT2D eigenvalue weighted by Gasteiger charge is 2.32. The second-order valence-electron chi connectivity index (χ2n) is 6.26. The van der Waals surface area contributed by atoms with Crippen LogP contribution in [-0.2, 0) is 0 Å². The van der Waals surface area contributed by atoms with Crippen LogP contribution in [0.25, 0.3) is 0 Å². The number of nitrogens with zero attached hydrogens (tertiary/aromatic N) is 1. The second-order valence-corrected chi connectivity index (χ2v) is 6.26. The van der Waals surface area contributed by atoms with Gasteiger partial charge in [0.2, 0.25) is 0 Å². The van der Waals surface area contributed by atoms with Crippen LogP contribution in [0, 0.1) is 0 Å². The lowest BCUT2D eigenvalue weighted by molar-refractivity contribution is 0.0694. The Morgan fingerprint density at radius 3 is 2.60 bits per heavy atom. The Labute approximate surface area is 148 Å². The summed E-state index contributed by atoms with van der Waals surface area (Å²) in [5.41, 5.74) is 2.51. The van der Waals surface area contributed by atoms with Gasteiger partial charge in [0, 0.05) is 12.2 Å². The van der Waals surface area contributed by atoms with Crippen molar-refractivity contribution in [3.63, 3.8) is 0 Å². The number of ether oxygens (including phenoxy) is 2. The number of rotatable bonds is 5. The first-order valence-electron chi connectivity index (χ1n) is 8.56. The van der Waals surface area contributed by atoms with Gasteiger partial charge in [0.25, 0.3) is 5.91 Å². The molecule has 5 heteroatoms. The van der Waals surface area contributed by atoms with E-state index in [2.05, 4.69) is 5.32 Å². The van der Waals surface area contributed by atoms with E-state index >= 15 is 0 Å². The number of para-hydroxylation sites is 1. The fraction of sp³-hybridized carbons (Fsp3) is 0.350. The van der Waals surface area contributed by atoms with Crippen molar-refractivity contribution in [3.05, 3.63) is 53.6 Å². The average Bonchev–Trinajstić information content (AvgIpc) is 2.61. The second kappa shape index (κ2) is 7.05. The van der Waals surface area contributed by atoms with Gasteiger partial charge in [-0.25, -0.2) is 0 Å². The fourth-order valence-electron chi connectivity index (χ4n) is 3.09. The van der Waals surface area contributed by atoms with E-state index in [9.17, 15) is 4.79 Å². The molecular formula is C20H24N2O3. The number of methoxy groups -OCH3 is 1. The first-order chi connectivity index (χ1) is 12.0. The van der Waals surface area contributed by atoms with Gasteiger partial charge in [-0.15, -0.1) is 0 Å². The minimum absolute atomic E-state index is 0.0309. The number of nitrogens with one attached hydrogen (secondary N) is 1. The predicted molar refractivity (Wildman–Crippen MR) is 98.3 cm³/mol. The van der Waals surface area contributed by atoms with Crippen LogP contribution < -0.4 is 14.8 Å². The zero-order valence-corrected chi connectivity index (χ0v) is 15.1. The van der Waals surface area contributed by atoms with Crippen LogP contribution in [0.15, 0.2) is 42.5 Å². The molecule has 0 spiro atoms. The molecule has 0 radical (unpaired) electrons. The SMILES string of the molecule is CCN1C(=O)c2ccccc2NC1c1ccc(OC(C)C)c(OC)c1. The van der Waals surface area contributed by atoms with E-state index in [0.29, 0.717) is 23.6 Å². The van der Waals surface area contributed by atoms with Crippen LogP contribution >= 0.6 is 0 Å². The van der Waals surface area contributed by atoms with Crippen molar-refractivity contribution in [1.82, 2.24) is 4.90 Å². The zero-order valence-electron chi connectivity index (χ0n) is 15.1. The van der Waals surface area contributed by atoms with Gasteiger partial charge in [-0.3, -0.25) is 4.79 Å². The van der Waals surface area contributed by atoms with Gasteiger partial charge in [-0.2, -0.15) is 0 Å². The molecule has 0 bridgehead atoms. The molecule has 1 N–H and O–H groups in total. The van der Waals surface area contributed by atoms with E-state index < -0.39 is 0 Å². The molecule has 1 unspecified atom stereocenters. The summed E-state index contributed by atoms with van der Waals surface area (Å²) in [6.45, 7) is 6.54. The summed E-state index contributed by atoms with van der Waals surface area (Å²) in [5.74, 6) is 1.39. The Morgan fingerprint density at radius 1 is 1.16 bits per heavy atom. The molecule has 132 valence electrons. The Morgan fingerprint density at radius 2 is 1.92 bits per heavy atom. The lowest BCUT2D eigenvalue weighted by Crippen LogP contribution is -2.42. The van der Waals surface area contributed by atoms with Gasteiger partial charge in [0.1, 0.15) is 6.17 Å². The third kappa shape index (κ3) is 3.27. The van der Waals surface area contributed by atoms with Crippen molar-refractivity contribution in [2.24, 2.45) is 0 Å². The summed E-state index contributed by atoms with van der Waals surface area (Å²) < 4.78 is 11.3. The van der Waals surface area contributed by atoms with Gasteiger partial charge in [0.15, 0.2) is 11.5 Å². The first kappa shape index (κ1) is 17.1. The Hall–Kier alpha value is -2.69. The summed E-state index contributed by atoms with van der Waals surface area (Å²) >= 11 is 0. The average molecular weight is 340 g/mol. The molecule has 1 heterocycles.